The Balaban J connectivity index is 1.16. The minimum atomic E-state index is -0.511. The molecule has 8 heteroatoms. The summed E-state index contributed by atoms with van der Waals surface area (Å²) in [6.45, 7) is 6.35. The second-order valence-electron chi connectivity index (χ2n) is 10.3. The Morgan fingerprint density at radius 3 is 2.94 bits per heavy atom. The topological polar surface area (TPSA) is 88.2 Å². The molecule has 5 unspecified atom stereocenters. The average Bonchev–Trinajstić information content (AvgIpc) is 3.58. The van der Waals surface area contributed by atoms with Crippen LogP contribution in [0.25, 0.3) is 0 Å². The highest BCUT2D eigenvalue weighted by atomic mass is 19.1. The van der Waals surface area contributed by atoms with Gasteiger partial charge in [-0.25, -0.2) is 14.8 Å². The Morgan fingerprint density at radius 1 is 1.21 bits per heavy atom. The van der Waals surface area contributed by atoms with E-state index in [4.69, 9.17) is 4.98 Å². The zero-order valence-electron chi connectivity index (χ0n) is 19.3. The molecular formula is C25H35FN6O. The van der Waals surface area contributed by atoms with Crippen LogP contribution in [0.15, 0.2) is 12.1 Å². The second kappa shape index (κ2) is 8.65. The lowest BCUT2D eigenvalue weighted by molar-refractivity contribution is 0.187. The predicted octanol–water partition coefficient (Wildman–Crippen LogP) is 2.64. The molecule has 4 aliphatic rings. The molecule has 5 N–H and O–H groups in total. The van der Waals surface area contributed by atoms with Crippen molar-refractivity contribution < 1.29 is 9.50 Å². The van der Waals surface area contributed by atoms with Gasteiger partial charge in [0, 0.05) is 38.1 Å². The van der Waals surface area contributed by atoms with E-state index in [0.29, 0.717) is 23.9 Å². The van der Waals surface area contributed by atoms with Gasteiger partial charge in [0.2, 0.25) is 0 Å². The van der Waals surface area contributed by atoms with Crippen LogP contribution in [-0.4, -0.2) is 51.7 Å². The van der Waals surface area contributed by atoms with Crippen molar-refractivity contribution >= 4 is 0 Å². The van der Waals surface area contributed by atoms with E-state index in [2.05, 4.69) is 33.0 Å². The predicted molar refractivity (Wildman–Crippen MR) is 124 cm³/mol. The molecular weight excluding hydrogens is 419 g/mol. The number of phenolic OH excluding ortho intramolecular Hbond substituents is 1. The summed E-state index contributed by atoms with van der Waals surface area (Å²) in [5.41, 5.74) is 11.7. The summed E-state index contributed by atoms with van der Waals surface area (Å²) in [6.07, 6.45) is 6.12. The first-order valence-electron chi connectivity index (χ1n) is 12.7. The molecule has 0 radical (unpaired) electrons. The van der Waals surface area contributed by atoms with Crippen LogP contribution in [0.4, 0.5) is 4.39 Å². The Hall–Kier alpha value is -2.00. The van der Waals surface area contributed by atoms with Gasteiger partial charge in [-0.3, -0.25) is 10.3 Å². The van der Waals surface area contributed by atoms with Crippen LogP contribution in [0, 0.1) is 11.7 Å². The number of aromatic amines is 1. The van der Waals surface area contributed by atoms with Gasteiger partial charge in [0.05, 0.1) is 17.4 Å². The average molecular weight is 455 g/mol. The minimum Gasteiger partial charge on any atom is -0.505 e. The molecule has 0 spiro atoms. The van der Waals surface area contributed by atoms with Crippen molar-refractivity contribution in [1.29, 1.82) is 0 Å². The molecule has 1 aromatic heterocycles. The lowest BCUT2D eigenvalue weighted by atomic mass is 9.73. The summed E-state index contributed by atoms with van der Waals surface area (Å²) < 4.78 is 14.1. The number of benzene rings is 1. The van der Waals surface area contributed by atoms with Gasteiger partial charge >= 0.3 is 0 Å². The van der Waals surface area contributed by atoms with E-state index in [1.807, 2.05) is 0 Å². The molecule has 33 heavy (non-hydrogen) atoms. The van der Waals surface area contributed by atoms with Crippen LogP contribution < -0.4 is 16.2 Å². The summed E-state index contributed by atoms with van der Waals surface area (Å²) >= 11 is 0. The van der Waals surface area contributed by atoms with E-state index in [1.54, 1.807) is 12.1 Å². The van der Waals surface area contributed by atoms with Crippen LogP contribution in [0.1, 0.15) is 72.9 Å². The van der Waals surface area contributed by atoms with Crippen LogP contribution in [-0.2, 0) is 19.4 Å². The lowest BCUT2D eigenvalue weighted by Gasteiger charge is -2.33. The van der Waals surface area contributed by atoms with E-state index in [-0.39, 0.29) is 11.8 Å². The molecule has 178 valence electrons. The van der Waals surface area contributed by atoms with Gasteiger partial charge in [-0.05, 0) is 73.7 Å². The monoisotopic (exact) mass is 454 g/mol. The van der Waals surface area contributed by atoms with Gasteiger partial charge in [-0.1, -0.05) is 6.92 Å². The van der Waals surface area contributed by atoms with Crippen molar-refractivity contribution in [2.45, 2.75) is 76.0 Å². The highest BCUT2D eigenvalue weighted by Crippen LogP contribution is 2.44. The Morgan fingerprint density at radius 2 is 2.12 bits per heavy atom. The highest BCUT2D eigenvalue weighted by molar-refractivity contribution is 5.39. The number of aromatic nitrogens is 2. The number of hydrazine groups is 1. The van der Waals surface area contributed by atoms with E-state index >= 15 is 0 Å². The number of rotatable bonds is 4. The first-order chi connectivity index (χ1) is 16.1. The zero-order valence-corrected chi connectivity index (χ0v) is 19.3. The Kier molecular flexibility index (Phi) is 5.64. The number of fused-ring (bicyclic) bond motifs is 2. The van der Waals surface area contributed by atoms with Gasteiger partial charge < -0.3 is 15.4 Å². The van der Waals surface area contributed by atoms with Gasteiger partial charge in [0.25, 0.3) is 0 Å². The fourth-order valence-electron chi connectivity index (χ4n) is 6.67. The number of H-pyrrole nitrogens is 1. The molecule has 3 fully saturated rings. The zero-order chi connectivity index (χ0) is 22.5. The summed E-state index contributed by atoms with van der Waals surface area (Å²) in [5, 5.41) is 13.3. The third kappa shape index (κ3) is 3.87. The lowest BCUT2D eigenvalue weighted by Crippen LogP contribution is -2.40. The number of phenols is 1. The minimum absolute atomic E-state index is 0.186. The number of hydrogen-bond donors (Lipinski definition) is 5. The van der Waals surface area contributed by atoms with E-state index in [1.165, 1.54) is 17.8 Å². The van der Waals surface area contributed by atoms with Gasteiger partial charge in [0.1, 0.15) is 5.82 Å². The Bertz CT molecular complexity index is 1020. The molecule has 7 nitrogen and oxygen atoms in total. The number of hydrogen-bond acceptors (Lipinski definition) is 6. The molecule has 1 aliphatic carbocycles. The van der Waals surface area contributed by atoms with Crippen molar-refractivity contribution in [1.82, 2.24) is 31.0 Å². The molecule has 2 saturated heterocycles. The van der Waals surface area contributed by atoms with Crippen molar-refractivity contribution in [3.05, 3.63) is 46.3 Å². The largest absolute Gasteiger partial charge is 0.505 e. The highest BCUT2D eigenvalue weighted by Gasteiger charge is 2.43. The molecule has 1 aromatic carbocycles. The molecule has 0 bridgehead atoms. The maximum Gasteiger partial charge on any atom is 0.165 e. The SMILES string of the molecule is CCc1cc(O)c(F)cc1C1CCC2C(C1)NNC2c1nc2c([nH]1)CN(C1CCNC1)CC2. The van der Waals surface area contributed by atoms with Crippen LogP contribution in [0.3, 0.4) is 0 Å². The number of aryl methyl sites for hydroxylation is 1. The standard InChI is InChI=1S/C25H35FN6O/c1-2-14-10-23(33)19(26)11-18(14)15-3-4-17-21(9-15)30-31-24(17)25-28-20-6-8-32(13-22(20)29-25)16-5-7-27-12-16/h10-11,15-17,21,24,27,30-31,33H,2-9,12-13H2,1H3,(H,28,29). The number of aromatic hydroxyl groups is 1. The fraction of sp³-hybridized carbons (Fsp3) is 0.640. The third-order valence-corrected chi connectivity index (χ3v) is 8.51. The fourth-order valence-corrected chi connectivity index (χ4v) is 6.67. The van der Waals surface area contributed by atoms with Crippen LogP contribution in [0.2, 0.25) is 0 Å². The van der Waals surface area contributed by atoms with Crippen LogP contribution >= 0.6 is 0 Å². The normalized spacial score (nSPS) is 32.1. The second-order valence-corrected chi connectivity index (χ2v) is 10.3. The smallest absolute Gasteiger partial charge is 0.165 e. The molecule has 6 rings (SSSR count). The Labute approximate surface area is 194 Å². The quantitative estimate of drug-likeness (QED) is 0.488. The van der Waals surface area contributed by atoms with E-state index < -0.39 is 5.82 Å². The van der Waals surface area contributed by atoms with Gasteiger partial charge in [0.15, 0.2) is 11.6 Å². The summed E-state index contributed by atoms with van der Waals surface area (Å²) in [6, 6.07) is 4.33. The maximum absolute atomic E-state index is 14.1. The number of nitrogens with zero attached hydrogens (tertiary/aromatic N) is 2. The van der Waals surface area contributed by atoms with Crippen molar-refractivity contribution in [3.63, 3.8) is 0 Å². The number of imidazole rings is 1. The van der Waals surface area contributed by atoms with E-state index in [9.17, 15) is 9.50 Å². The number of halogens is 1. The van der Waals surface area contributed by atoms with Crippen molar-refractivity contribution in [3.8, 4) is 5.75 Å². The summed E-state index contributed by atoms with van der Waals surface area (Å²) in [5.74, 6) is 1.09. The van der Waals surface area contributed by atoms with Crippen molar-refractivity contribution in [2.24, 2.45) is 5.92 Å². The molecule has 4 heterocycles. The van der Waals surface area contributed by atoms with Crippen molar-refractivity contribution in [2.75, 3.05) is 19.6 Å². The van der Waals surface area contributed by atoms with Gasteiger partial charge in [-0.15, -0.1) is 0 Å². The molecule has 1 saturated carbocycles. The molecule has 5 atom stereocenters. The first-order valence-corrected chi connectivity index (χ1v) is 12.7. The first kappa shape index (κ1) is 21.5. The third-order valence-electron chi connectivity index (χ3n) is 8.51. The molecule has 2 aromatic rings. The number of nitrogens with one attached hydrogen (secondary N) is 4. The van der Waals surface area contributed by atoms with Gasteiger partial charge in [-0.2, -0.15) is 0 Å². The van der Waals surface area contributed by atoms with E-state index in [0.717, 1.165) is 75.2 Å². The summed E-state index contributed by atoms with van der Waals surface area (Å²) in [4.78, 5) is 11.3. The molecule has 0 amide bonds. The summed E-state index contributed by atoms with van der Waals surface area (Å²) in [7, 11) is 0. The molecule has 3 aliphatic heterocycles. The van der Waals surface area contributed by atoms with Crippen LogP contribution in [0.5, 0.6) is 5.75 Å². The maximum atomic E-state index is 14.1.